The predicted octanol–water partition coefficient (Wildman–Crippen LogP) is 3.51. The highest BCUT2D eigenvalue weighted by molar-refractivity contribution is 5.86. The molecule has 4 fully saturated rings. The number of esters is 3. The average Bonchev–Trinajstić information content (AvgIpc) is 3.35. The molecule has 1 saturated heterocycles. The van der Waals surface area contributed by atoms with Crippen molar-refractivity contribution in [3.63, 3.8) is 0 Å². The van der Waals surface area contributed by atoms with Crippen molar-refractivity contribution in [3.05, 3.63) is 0 Å². The third-order valence-electron chi connectivity index (χ3n) is 8.01. The molecule has 6 nitrogen and oxygen atoms in total. The molecular weight excluding hydrogens is 372 g/mol. The molecule has 3 aliphatic carbocycles. The summed E-state index contributed by atoms with van der Waals surface area (Å²) in [5.41, 5.74) is -0.616. The van der Waals surface area contributed by atoms with Gasteiger partial charge in [-0.05, 0) is 38.0 Å². The lowest BCUT2D eigenvalue weighted by Crippen LogP contribution is -2.48. The second-order valence-electron chi connectivity index (χ2n) is 10.8. The predicted molar refractivity (Wildman–Crippen MR) is 104 cm³/mol. The Hall–Kier alpha value is -1.59. The Kier molecular flexibility index (Phi) is 4.98. The Bertz CT molecular complexity index is 699. The minimum atomic E-state index is -0.478. The summed E-state index contributed by atoms with van der Waals surface area (Å²) < 4.78 is 17.4. The van der Waals surface area contributed by atoms with Crippen molar-refractivity contribution < 1.29 is 28.6 Å². The van der Waals surface area contributed by atoms with E-state index < -0.39 is 17.4 Å². The SMILES string of the molecule is CC(C)C(=O)OCC1C2CC3C1OC(=O)C3C2C(=O)OC1(C(C)(C)C)CCCC1. The van der Waals surface area contributed by atoms with Gasteiger partial charge in [0, 0.05) is 17.3 Å². The van der Waals surface area contributed by atoms with Crippen LogP contribution in [0.25, 0.3) is 0 Å². The van der Waals surface area contributed by atoms with Crippen molar-refractivity contribution in [1.82, 2.24) is 0 Å². The van der Waals surface area contributed by atoms with Gasteiger partial charge in [0.1, 0.15) is 11.7 Å². The van der Waals surface area contributed by atoms with E-state index >= 15 is 0 Å². The Morgan fingerprint density at radius 1 is 1.17 bits per heavy atom. The summed E-state index contributed by atoms with van der Waals surface area (Å²) in [5, 5.41) is 0. The molecule has 0 spiro atoms. The first kappa shape index (κ1) is 20.7. The highest BCUT2D eigenvalue weighted by Gasteiger charge is 2.69. The molecule has 0 aromatic carbocycles. The van der Waals surface area contributed by atoms with E-state index in [1.165, 1.54) is 0 Å². The van der Waals surface area contributed by atoms with Crippen LogP contribution in [0.15, 0.2) is 0 Å². The first-order chi connectivity index (χ1) is 13.6. The van der Waals surface area contributed by atoms with E-state index in [0.29, 0.717) is 0 Å². The second kappa shape index (κ2) is 6.98. The average molecular weight is 407 g/mol. The molecule has 0 N–H and O–H groups in total. The molecule has 2 bridgehead atoms. The van der Waals surface area contributed by atoms with Gasteiger partial charge in [0.2, 0.25) is 0 Å². The molecule has 1 aliphatic heterocycles. The van der Waals surface area contributed by atoms with E-state index in [0.717, 1.165) is 32.1 Å². The van der Waals surface area contributed by atoms with Gasteiger partial charge in [0.15, 0.2) is 0 Å². The molecule has 4 aliphatic rings. The van der Waals surface area contributed by atoms with Gasteiger partial charge in [-0.3, -0.25) is 14.4 Å². The maximum Gasteiger partial charge on any atom is 0.310 e. The maximum atomic E-state index is 13.4. The first-order valence-electron chi connectivity index (χ1n) is 11.2. The van der Waals surface area contributed by atoms with Crippen LogP contribution in [0.5, 0.6) is 0 Å². The van der Waals surface area contributed by atoms with Crippen LogP contribution in [-0.4, -0.2) is 36.2 Å². The topological polar surface area (TPSA) is 78.9 Å². The molecule has 6 atom stereocenters. The molecule has 6 unspecified atom stereocenters. The van der Waals surface area contributed by atoms with Gasteiger partial charge in [-0.15, -0.1) is 0 Å². The number of carbonyl (C=O) groups excluding carboxylic acids is 3. The van der Waals surface area contributed by atoms with Crippen LogP contribution in [0.3, 0.4) is 0 Å². The fourth-order valence-electron chi connectivity index (χ4n) is 6.29. The van der Waals surface area contributed by atoms with Crippen LogP contribution in [0.1, 0.15) is 66.7 Å². The van der Waals surface area contributed by atoms with E-state index in [1.807, 2.05) is 0 Å². The molecule has 4 rings (SSSR count). The maximum absolute atomic E-state index is 13.4. The van der Waals surface area contributed by atoms with Crippen molar-refractivity contribution in [2.75, 3.05) is 6.61 Å². The van der Waals surface area contributed by atoms with Crippen molar-refractivity contribution in [2.45, 2.75) is 78.4 Å². The Balaban J connectivity index is 1.53. The fraction of sp³-hybridized carbons (Fsp3) is 0.870. The highest BCUT2D eigenvalue weighted by atomic mass is 16.6. The molecule has 0 aromatic heterocycles. The summed E-state index contributed by atoms with van der Waals surface area (Å²) in [6.07, 6.45) is 4.40. The van der Waals surface area contributed by atoms with Crippen molar-refractivity contribution in [2.24, 2.45) is 40.9 Å². The zero-order chi connectivity index (χ0) is 21.1. The summed E-state index contributed by atoms with van der Waals surface area (Å²) in [7, 11) is 0. The normalized spacial score (nSPS) is 37.1. The van der Waals surface area contributed by atoms with E-state index in [1.54, 1.807) is 13.8 Å². The molecule has 3 saturated carbocycles. The fourth-order valence-corrected chi connectivity index (χ4v) is 6.29. The second-order valence-corrected chi connectivity index (χ2v) is 10.8. The number of ether oxygens (including phenoxy) is 3. The lowest BCUT2D eigenvalue weighted by atomic mass is 9.73. The number of hydrogen-bond donors (Lipinski definition) is 0. The van der Waals surface area contributed by atoms with Gasteiger partial charge in [-0.2, -0.15) is 0 Å². The van der Waals surface area contributed by atoms with E-state index in [4.69, 9.17) is 14.2 Å². The van der Waals surface area contributed by atoms with Gasteiger partial charge in [-0.25, -0.2) is 0 Å². The van der Waals surface area contributed by atoms with Crippen LogP contribution >= 0.6 is 0 Å². The van der Waals surface area contributed by atoms with Crippen LogP contribution in [0, 0.1) is 40.9 Å². The first-order valence-corrected chi connectivity index (χ1v) is 11.2. The summed E-state index contributed by atoms with van der Waals surface area (Å²) in [6, 6.07) is 0. The van der Waals surface area contributed by atoms with E-state index in [-0.39, 0.29) is 59.7 Å². The zero-order valence-corrected chi connectivity index (χ0v) is 18.2. The molecule has 0 radical (unpaired) electrons. The third kappa shape index (κ3) is 3.17. The number of carbonyl (C=O) groups is 3. The molecule has 162 valence electrons. The quantitative estimate of drug-likeness (QED) is 0.513. The minimum Gasteiger partial charge on any atom is -0.465 e. The molecule has 0 amide bonds. The van der Waals surface area contributed by atoms with E-state index in [9.17, 15) is 14.4 Å². The monoisotopic (exact) mass is 406 g/mol. The van der Waals surface area contributed by atoms with Gasteiger partial charge in [0.05, 0.1) is 24.4 Å². The summed E-state index contributed by atoms with van der Waals surface area (Å²) >= 11 is 0. The van der Waals surface area contributed by atoms with Crippen LogP contribution in [-0.2, 0) is 28.6 Å². The smallest absolute Gasteiger partial charge is 0.310 e. The van der Waals surface area contributed by atoms with Crippen LogP contribution in [0.4, 0.5) is 0 Å². The van der Waals surface area contributed by atoms with Gasteiger partial charge < -0.3 is 14.2 Å². The standard InChI is InChI=1S/C23H34O6/c1-12(2)19(24)27-11-15-13-10-14-17(20(25)28-18(14)15)16(13)21(26)29-23(22(3,4)5)8-6-7-9-23/h12-18H,6-11H2,1-5H3. The Morgan fingerprint density at radius 2 is 1.83 bits per heavy atom. The lowest BCUT2D eigenvalue weighted by Gasteiger charge is -2.42. The molecule has 29 heavy (non-hydrogen) atoms. The molecular formula is C23H34O6. The molecule has 6 heteroatoms. The highest BCUT2D eigenvalue weighted by Crippen LogP contribution is 2.61. The van der Waals surface area contributed by atoms with Gasteiger partial charge in [0.25, 0.3) is 0 Å². The van der Waals surface area contributed by atoms with Crippen molar-refractivity contribution in [1.29, 1.82) is 0 Å². The van der Waals surface area contributed by atoms with Gasteiger partial charge >= 0.3 is 17.9 Å². The minimum absolute atomic E-state index is 0.0210. The lowest BCUT2D eigenvalue weighted by molar-refractivity contribution is -0.182. The van der Waals surface area contributed by atoms with Crippen LogP contribution < -0.4 is 0 Å². The van der Waals surface area contributed by atoms with Crippen LogP contribution in [0.2, 0.25) is 0 Å². The molecule has 0 aromatic rings. The molecule has 1 heterocycles. The van der Waals surface area contributed by atoms with Crippen molar-refractivity contribution >= 4 is 17.9 Å². The summed E-state index contributed by atoms with van der Waals surface area (Å²) in [4.78, 5) is 38.0. The van der Waals surface area contributed by atoms with Gasteiger partial charge in [-0.1, -0.05) is 34.6 Å². The van der Waals surface area contributed by atoms with Crippen molar-refractivity contribution in [3.8, 4) is 0 Å². The largest absolute Gasteiger partial charge is 0.465 e. The summed E-state index contributed by atoms with van der Waals surface area (Å²) in [5.74, 6) is -1.96. The van der Waals surface area contributed by atoms with E-state index in [2.05, 4.69) is 20.8 Å². The number of fused-ring (bicyclic) bond motifs is 1. The summed E-state index contributed by atoms with van der Waals surface area (Å²) in [6.45, 7) is 10.2. The Morgan fingerprint density at radius 3 is 2.41 bits per heavy atom. The number of rotatable bonds is 5. The zero-order valence-electron chi connectivity index (χ0n) is 18.2. The third-order valence-corrected chi connectivity index (χ3v) is 8.01. The number of hydrogen-bond acceptors (Lipinski definition) is 6. The Labute approximate surface area is 173 Å².